The molecule has 0 aliphatic carbocycles. The van der Waals surface area contributed by atoms with Gasteiger partial charge >= 0.3 is 6.03 Å². The number of amides is 3. The highest BCUT2D eigenvalue weighted by atomic mass is 16.2. The van der Waals surface area contributed by atoms with Crippen LogP contribution in [0.3, 0.4) is 0 Å². The molecule has 6 heteroatoms. The molecule has 0 N–H and O–H groups in total. The van der Waals surface area contributed by atoms with Crippen LogP contribution in [0.4, 0.5) is 4.79 Å². The summed E-state index contributed by atoms with van der Waals surface area (Å²) in [5.74, 6) is -0.310. The Bertz CT molecular complexity index is 416. The molecule has 1 saturated heterocycles. The highest BCUT2D eigenvalue weighted by Crippen LogP contribution is 2.27. The largest absolute Gasteiger partial charge is 0.327 e. The summed E-state index contributed by atoms with van der Waals surface area (Å²) in [5, 5.41) is 17.0. The lowest BCUT2D eigenvalue weighted by Crippen LogP contribution is -2.44. The molecule has 90 valence electrons. The zero-order valence-electron chi connectivity index (χ0n) is 9.93. The number of rotatable bonds is 4. The third kappa shape index (κ3) is 2.21. The van der Waals surface area contributed by atoms with Gasteiger partial charge in [-0.2, -0.15) is 10.5 Å². The highest BCUT2D eigenvalue weighted by molar-refractivity contribution is 6.06. The minimum absolute atomic E-state index is 0.112. The fourth-order valence-electron chi connectivity index (χ4n) is 1.81. The lowest BCUT2D eigenvalue weighted by atomic mass is 10.0. The van der Waals surface area contributed by atoms with Crippen molar-refractivity contribution in [3.05, 3.63) is 0 Å². The maximum absolute atomic E-state index is 12.0. The summed E-state index contributed by atoms with van der Waals surface area (Å²) in [6, 6.07) is 3.44. The molecule has 1 rings (SSSR count). The minimum Gasteiger partial charge on any atom is -0.309 e. The van der Waals surface area contributed by atoms with E-state index in [2.05, 4.69) is 0 Å². The lowest BCUT2D eigenvalue weighted by molar-refractivity contribution is -0.131. The molecule has 0 aromatic carbocycles. The quantitative estimate of drug-likeness (QED) is 0.675. The van der Waals surface area contributed by atoms with Crippen molar-refractivity contribution in [3.63, 3.8) is 0 Å². The number of hydrogen-bond acceptors (Lipinski definition) is 4. The van der Waals surface area contributed by atoms with Crippen molar-refractivity contribution in [2.24, 2.45) is 0 Å². The molecule has 1 heterocycles. The summed E-state index contributed by atoms with van der Waals surface area (Å²) in [6.07, 6.45) is 0.314. The Morgan fingerprint density at radius 2 is 1.65 bits per heavy atom. The van der Waals surface area contributed by atoms with Crippen molar-refractivity contribution in [1.82, 2.24) is 9.80 Å². The summed E-state index contributed by atoms with van der Waals surface area (Å²) in [5.41, 5.74) is -0.927. The standard InChI is InChI=1S/C11H14N4O2/c1-11(2)9(16)14(7-3-5-12)10(17)15(11)8-4-6-13/h3-4,7-8H2,1-2H3. The number of imide groups is 1. The monoisotopic (exact) mass is 234 g/mol. The molecule has 0 unspecified atom stereocenters. The number of nitrogens with zero attached hydrogens (tertiary/aromatic N) is 4. The van der Waals surface area contributed by atoms with E-state index in [4.69, 9.17) is 10.5 Å². The summed E-state index contributed by atoms with van der Waals surface area (Å²) < 4.78 is 0. The minimum atomic E-state index is -0.927. The first kappa shape index (κ1) is 13.0. The predicted octanol–water partition coefficient (Wildman–Crippen LogP) is 0.857. The highest BCUT2D eigenvalue weighted by Gasteiger charge is 2.50. The van der Waals surface area contributed by atoms with Crippen LogP contribution < -0.4 is 0 Å². The van der Waals surface area contributed by atoms with Crippen molar-refractivity contribution >= 4 is 11.9 Å². The van der Waals surface area contributed by atoms with E-state index in [0.717, 1.165) is 4.90 Å². The molecule has 1 aliphatic rings. The van der Waals surface area contributed by atoms with Crippen LogP contribution in [0.15, 0.2) is 0 Å². The molecule has 0 aromatic heterocycles. The van der Waals surface area contributed by atoms with E-state index in [1.165, 1.54) is 4.90 Å². The molecular formula is C11H14N4O2. The van der Waals surface area contributed by atoms with Gasteiger partial charge in [0.05, 0.1) is 25.0 Å². The van der Waals surface area contributed by atoms with Gasteiger partial charge in [-0.25, -0.2) is 4.79 Å². The van der Waals surface area contributed by atoms with E-state index >= 15 is 0 Å². The Balaban J connectivity index is 2.88. The molecule has 1 aliphatic heterocycles. The van der Waals surface area contributed by atoms with Gasteiger partial charge in [-0.3, -0.25) is 9.69 Å². The van der Waals surface area contributed by atoms with E-state index < -0.39 is 11.6 Å². The van der Waals surface area contributed by atoms with Gasteiger partial charge in [0, 0.05) is 13.1 Å². The first-order valence-corrected chi connectivity index (χ1v) is 5.34. The van der Waals surface area contributed by atoms with Crippen LogP contribution >= 0.6 is 0 Å². The van der Waals surface area contributed by atoms with Gasteiger partial charge in [0.15, 0.2) is 0 Å². The van der Waals surface area contributed by atoms with E-state index in [0.29, 0.717) is 0 Å². The summed E-state index contributed by atoms with van der Waals surface area (Å²) in [6.45, 7) is 3.64. The fourth-order valence-corrected chi connectivity index (χ4v) is 1.81. The Hall–Kier alpha value is -2.08. The van der Waals surface area contributed by atoms with Gasteiger partial charge in [0.25, 0.3) is 5.91 Å². The van der Waals surface area contributed by atoms with E-state index in [-0.39, 0.29) is 31.8 Å². The maximum Gasteiger partial charge on any atom is 0.327 e. The first-order chi connectivity index (χ1) is 7.96. The van der Waals surface area contributed by atoms with Gasteiger partial charge in [-0.15, -0.1) is 0 Å². The average Bonchev–Trinajstić information content (AvgIpc) is 2.43. The molecule has 0 atom stereocenters. The molecule has 0 spiro atoms. The Morgan fingerprint density at radius 3 is 2.18 bits per heavy atom. The van der Waals surface area contributed by atoms with Gasteiger partial charge in [-0.1, -0.05) is 0 Å². The smallest absolute Gasteiger partial charge is 0.309 e. The summed E-state index contributed by atoms with van der Waals surface area (Å²) >= 11 is 0. The zero-order chi connectivity index (χ0) is 13.1. The van der Waals surface area contributed by atoms with Gasteiger partial charge in [0.1, 0.15) is 5.54 Å². The van der Waals surface area contributed by atoms with Crippen LogP contribution in [0.5, 0.6) is 0 Å². The second kappa shape index (κ2) is 4.84. The van der Waals surface area contributed by atoms with Crippen LogP contribution in [0, 0.1) is 22.7 Å². The van der Waals surface area contributed by atoms with Crippen molar-refractivity contribution in [2.75, 3.05) is 13.1 Å². The Kier molecular flexibility index (Phi) is 3.69. The zero-order valence-corrected chi connectivity index (χ0v) is 9.93. The third-order valence-electron chi connectivity index (χ3n) is 2.80. The van der Waals surface area contributed by atoms with Gasteiger partial charge in [-0.05, 0) is 13.8 Å². The molecule has 17 heavy (non-hydrogen) atoms. The lowest BCUT2D eigenvalue weighted by Gasteiger charge is -2.26. The molecule has 6 nitrogen and oxygen atoms in total. The average molecular weight is 234 g/mol. The molecule has 0 radical (unpaired) electrons. The Labute approximate surface area is 100 Å². The van der Waals surface area contributed by atoms with Crippen molar-refractivity contribution in [1.29, 1.82) is 10.5 Å². The molecule has 1 fully saturated rings. The summed E-state index contributed by atoms with van der Waals surface area (Å²) in [7, 11) is 0. The fraction of sp³-hybridized carbons (Fsp3) is 0.636. The maximum atomic E-state index is 12.0. The molecule has 0 aromatic rings. The van der Waals surface area contributed by atoms with Crippen molar-refractivity contribution in [3.8, 4) is 12.1 Å². The van der Waals surface area contributed by atoms with E-state index in [1.807, 2.05) is 12.1 Å². The second-order valence-corrected chi connectivity index (χ2v) is 4.27. The number of carbonyl (C=O) groups is 2. The van der Waals surface area contributed by atoms with Crippen LogP contribution in [-0.4, -0.2) is 40.4 Å². The molecule has 0 saturated carbocycles. The third-order valence-corrected chi connectivity index (χ3v) is 2.80. The van der Waals surface area contributed by atoms with Crippen LogP contribution in [0.25, 0.3) is 0 Å². The normalized spacial score (nSPS) is 18.1. The van der Waals surface area contributed by atoms with E-state index in [1.54, 1.807) is 13.8 Å². The first-order valence-electron chi connectivity index (χ1n) is 5.34. The predicted molar refractivity (Wildman–Crippen MR) is 58.4 cm³/mol. The molecule has 0 bridgehead atoms. The van der Waals surface area contributed by atoms with Crippen LogP contribution in [0.2, 0.25) is 0 Å². The Morgan fingerprint density at radius 1 is 1.12 bits per heavy atom. The van der Waals surface area contributed by atoms with Gasteiger partial charge in [0.2, 0.25) is 0 Å². The summed E-state index contributed by atoms with van der Waals surface area (Å²) in [4.78, 5) is 26.4. The van der Waals surface area contributed by atoms with Crippen LogP contribution in [-0.2, 0) is 4.79 Å². The number of hydrogen-bond donors (Lipinski definition) is 0. The number of nitriles is 2. The SMILES string of the molecule is CC1(C)C(=O)N(CCC#N)C(=O)N1CCC#N. The van der Waals surface area contributed by atoms with Crippen LogP contribution in [0.1, 0.15) is 26.7 Å². The van der Waals surface area contributed by atoms with E-state index in [9.17, 15) is 9.59 Å². The number of urea groups is 1. The molecular weight excluding hydrogens is 220 g/mol. The topological polar surface area (TPSA) is 88.2 Å². The second-order valence-electron chi connectivity index (χ2n) is 4.27. The number of carbonyl (C=O) groups excluding carboxylic acids is 2. The van der Waals surface area contributed by atoms with Gasteiger partial charge < -0.3 is 4.90 Å². The van der Waals surface area contributed by atoms with Crippen molar-refractivity contribution < 1.29 is 9.59 Å². The van der Waals surface area contributed by atoms with Crippen molar-refractivity contribution in [2.45, 2.75) is 32.2 Å². The molecule has 3 amide bonds.